The quantitative estimate of drug-likeness (QED) is 0.345. The molecule has 0 aliphatic heterocycles. The molecule has 6 heteroatoms. The first-order chi connectivity index (χ1) is 8.80. The Morgan fingerprint density at radius 2 is 2.16 bits per heavy atom. The summed E-state index contributed by atoms with van der Waals surface area (Å²) in [6.07, 6.45) is 2.31. The van der Waals surface area contributed by atoms with Gasteiger partial charge in [0.2, 0.25) is 5.88 Å². The fourth-order valence-corrected chi connectivity index (χ4v) is 1.45. The molecule has 108 valence electrons. The van der Waals surface area contributed by atoms with E-state index in [2.05, 4.69) is 27.5 Å². The third-order valence-electron chi connectivity index (χ3n) is 2.47. The van der Waals surface area contributed by atoms with Crippen LogP contribution < -0.4 is 15.4 Å². The van der Waals surface area contributed by atoms with Crippen LogP contribution in [0.4, 0.5) is 0 Å². The van der Waals surface area contributed by atoms with Crippen LogP contribution in [0.1, 0.15) is 25.5 Å². The highest BCUT2D eigenvalue weighted by Gasteiger charge is 2.00. The van der Waals surface area contributed by atoms with Gasteiger partial charge in [0.1, 0.15) is 0 Å². The average Bonchev–Trinajstić information content (AvgIpc) is 2.43. The predicted octanol–water partition coefficient (Wildman–Crippen LogP) is 2.17. The fourth-order valence-electron chi connectivity index (χ4n) is 1.45. The summed E-state index contributed by atoms with van der Waals surface area (Å²) in [5, 5.41) is 6.47. The summed E-state index contributed by atoms with van der Waals surface area (Å²) in [5.74, 6) is 1.43. The minimum atomic E-state index is 0. The lowest BCUT2D eigenvalue weighted by atomic mass is 10.3. The molecular formula is C13H23IN4O. The SMILES string of the molecule is CCCCNC(=NC)NCc1cccc(OC)n1.I. The van der Waals surface area contributed by atoms with Gasteiger partial charge in [0.15, 0.2) is 5.96 Å². The van der Waals surface area contributed by atoms with E-state index in [-0.39, 0.29) is 24.0 Å². The molecule has 1 heterocycles. The van der Waals surface area contributed by atoms with Crippen LogP contribution in [0.15, 0.2) is 23.2 Å². The molecular weight excluding hydrogens is 355 g/mol. The maximum absolute atomic E-state index is 5.08. The Morgan fingerprint density at radius 3 is 2.79 bits per heavy atom. The summed E-state index contributed by atoms with van der Waals surface area (Å²) in [6, 6.07) is 5.71. The van der Waals surface area contributed by atoms with E-state index in [1.807, 2.05) is 18.2 Å². The first kappa shape index (κ1) is 17.9. The van der Waals surface area contributed by atoms with E-state index in [9.17, 15) is 0 Å². The third-order valence-corrected chi connectivity index (χ3v) is 2.47. The molecule has 0 aromatic carbocycles. The number of rotatable bonds is 6. The molecule has 0 saturated carbocycles. The lowest BCUT2D eigenvalue weighted by Crippen LogP contribution is -2.37. The number of ether oxygens (including phenoxy) is 1. The average molecular weight is 378 g/mol. The van der Waals surface area contributed by atoms with Gasteiger partial charge < -0.3 is 15.4 Å². The van der Waals surface area contributed by atoms with Gasteiger partial charge in [-0.15, -0.1) is 24.0 Å². The Kier molecular flexibility index (Phi) is 10.2. The topological polar surface area (TPSA) is 58.5 Å². The van der Waals surface area contributed by atoms with Gasteiger partial charge >= 0.3 is 0 Å². The molecule has 2 N–H and O–H groups in total. The highest BCUT2D eigenvalue weighted by Crippen LogP contribution is 2.05. The lowest BCUT2D eigenvalue weighted by Gasteiger charge is -2.11. The molecule has 1 rings (SSSR count). The van der Waals surface area contributed by atoms with Gasteiger partial charge in [-0.3, -0.25) is 4.99 Å². The van der Waals surface area contributed by atoms with Gasteiger partial charge in [0.05, 0.1) is 19.3 Å². The zero-order chi connectivity index (χ0) is 13.2. The number of aliphatic imine (C=N–C) groups is 1. The summed E-state index contributed by atoms with van der Waals surface area (Å²) in [5.41, 5.74) is 0.924. The van der Waals surface area contributed by atoms with Crippen molar-refractivity contribution in [2.24, 2.45) is 4.99 Å². The first-order valence-corrected chi connectivity index (χ1v) is 6.24. The molecule has 5 nitrogen and oxygen atoms in total. The summed E-state index contributed by atoms with van der Waals surface area (Å²) in [4.78, 5) is 8.48. The number of hydrogen-bond donors (Lipinski definition) is 2. The minimum absolute atomic E-state index is 0. The number of halogens is 1. The van der Waals surface area contributed by atoms with Crippen LogP contribution in [-0.4, -0.2) is 31.6 Å². The van der Waals surface area contributed by atoms with Gasteiger partial charge in [-0.2, -0.15) is 0 Å². The molecule has 0 aliphatic rings. The maximum Gasteiger partial charge on any atom is 0.213 e. The summed E-state index contributed by atoms with van der Waals surface area (Å²) in [7, 11) is 3.38. The predicted molar refractivity (Wildman–Crippen MR) is 89.3 cm³/mol. The molecule has 1 aromatic rings. The fraction of sp³-hybridized carbons (Fsp3) is 0.538. The van der Waals surface area contributed by atoms with Crippen molar-refractivity contribution >= 4 is 29.9 Å². The van der Waals surface area contributed by atoms with Crippen molar-refractivity contribution in [2.45, 2.75) is 26.3 Å². The maximum atomic E-state index is 5.08. The van der Waals surface area contributed by atoms with Gasteiger partial charge in [0, 0.05) is 19.7 Å². The molecule has 0 bridgehead atoms. The first-order valence-electron chi connectivity index (χ1n) is 6.24. The van der Waals surface area contributed by atoms with Gasteiger partial charge in [-0.05, 0) is 12.5 Å². The minimum Gasteiger partial charge on any atom is -0.481 e. The highest BCUT2D eigenvalue weighted by atomic mass is 127. The number of aromatic nitrogens is 1. The second kappa shape index (κ2) is 10.8. The van der Waals surface area contributed by atoms with Crippen molar-refractivity contribution in [1.82, 2.24) is 15.6 Å². The van der Waals surface area contributed by atoms with Crippen LogP contribution in [-0.2, 0) is 6.54 Å². The molecule has 0 amide bonds. The van der Waals surface area contributed by atoms with Crippen LogP contribution in [0.5, 0.6) is 5.88 Å². The molecule has 0 spiro atoms. The number of nitrogens with zero attached hydrogens (tertiary/aromatic N) is 2. The van der Waals surface area contributed by atoms with E-state index in [4.69, 9.17) is 4.74 Å². The van der Waals surface area contributed by atoms with Crippen LogP contribution in [0.2, 0.25) is 0 Å². The molecule has 0 unspecified atom stereocenters. The second-order valence-electron chi connectivity index (χ2n) is 3.88. The smallest absolute Gasteiger partial charge is 0.213 e. The Morgan fingerprint density at radius 1 is 1.37 bits per heavy atom. The number of methoxy groups -OCH3 is 1. The number of guanidine groups is 1. The Hall–Kier alpha value is -1.05. The van der Waals surface area contributed by atoms with Crippen molar-refractivity contribution in [3.63, 3.8) is 0 Å². The van der Waals surface area contributed by atoms with Crippen LogP contribution >= 0.6 is 24.0 Å². The summed E-state index contributed by atoms with van der Waals surface area (Å²) in [6.45, 7) is 3.72. The van der Waals surface area contributed by atoms with Gasteiger partial charge in [0.25, 0.3) is 0 Å². The number of nitrogens with one attached hydrogen (secondary N) is 2. The van der Waals surface area contributed by atoms with Gasteiger partial charge in [-0.25, -0.2) is 4.98 Å². The lowest BCUT2D eigenvalue weighted by molar-refractivity contribution is 0.396. The normalized spacial score (nSPS) is 10.6. The molecule has 0 atom stereocenters. The standard InChI is InChI=1S/C13H22N4O.HI/c1-4-5-9-15-13(14-2)16-10-11-7-6-8-12(17-11)18-3;/h6-8H,4-5,9-10H2,1-3H3,(H2,14,15,16);1H. The zero-order valence-electron chi connectivity index (χ0n) is 11.8. The Bertz CT molecular complexity index is 385. The number of unbranched alkanes of at least 4 members (excludes halogenated alkanes) is 1. The summed E-state index contributed by atoms with van der Waals surface area (Å²) >= 11 is 0. The van der Waals surface area contributed by atoms with E-state index < -0.39 is 0 Å². The van der Waals surface area contributed by atoms with Crippen molar-refractivity contribution in [3.05, 3.63) is 23.9 Å². The van der Waals surface area contributed by atoms with Crippen LogP contribution in [0, 0.1) is 0 Å². The molecule has 0 radical (unpaired) electrons. The van der Waals surface area contributed by atoms with E-state index in [1.54, 1.807) is 14.2 Å². The van der Waals surface area contributed by atoms with Crippen molar-refractivity contribution in [3.8, 4) is 5.88 Å². The highest BCUT2D eigenvalue weighted by molar-refractivity contribution is 14.0. The van der Waals surface area contributed by atoms with E-state index in [1.165, 1.54) is 6.42 Å². The van der Waals surface area contributed by atoms with Crippen molar-refractivity contribution < 1.29 is 4.74 Å². The van der Waals surface area contributed by atoms with E-state index in [0.717, 1.165) is 24.6 Å². The zero-order valence-corrected chi connectivity index (χ0v) is 14.1. The third kappa shape index (κ3) is 7.19. The number of pyridine rings is 1. The Balaban J connectivity index is 0.00000324. The Labute approximate surface area is 132 Å². The largest absolute Gasteiger partial charge is 0.481 e. The molecule has 0 aliphatic carbocycles. The van der Waals surface area contributed by atoms with E-state index in [0.29, 0.717) is 12.4 Å². The summed E-state index contributed by atoms with van der Waals surface area (Å²) < 4.78 is 5.08. The van der Waals surface area contributed by atoms with Crippen molar-refractivity contribution in [1.29, 1.82) is 0 Å². The number of hydrogen-bond acceptors (Lipinski definition) is 3. The second-order valence-corrected chi connectivity index (χ2v) is 3.88. The van der Waals surface area contributed by atoms with Crippen LogP contribution in [0.25, 0.3) is 0 Å². The molecule has 0 fully saturated rings. The van der Waals surface area contributed by atoms with E-state index >= 15 is 0 Å². The van der Waals surface area contributed by atoms with Gasteiger partial charge in [-0.1, -0.05) is 19.4 Å². The molecule has 19 heavy (non-hydrogen) atoms. The van der Waals surface area contributed by atoms with Crippen LogP contribution in [0.3, 0.4) is 0 Å². The van der Waals surface area contributed by atoms with Crippen molar-refractivity contribution in [2.75, 3.05) is 20.7 Å². The molecule has 1 aromatic heterocycles. The monoisotopic (exact) mass is 378 g/mol. The molecule has 0 saturated heterocycles.